The molecular formula is C25H27ClN2O. The molecule has 3 nitrogen and oxygen atoms in total. The number of aromatic amines is 1. The maximum Gasteiger partial charge on any atom is 0.119 e. The Hall–Kier alpha value is -2.23. The first-order chi connectivity index (χ1) is 14.1. The van der Waals surface area contributed by atoms with Gasteiger partial charge < -0.3 is 9.72 Å². The average Bonchev–Trinajstić information content (AvgIpc) is 3.08. The molecule has 0 radical (unpaired) electrons. The van der Waals surface area contributed by atoms with Gasteiger partial charge in [0.1, 0.15) is 5.75 Å². The van der Waals surface area contributed by atoms with Gasteiger partial charge in [-0.3, -0.25) is 4.90 Å². The summed E-state index contributed by atoms with van der Waals surface area (Å²) >= 11 is 6.26. The molecule has 5 rings (SSSR count). The van der Waals surface area contributed by atoms with Crippen LogP contribution in [0.25, 0.3) is 10.9 Å². The number of fused-ring (bicyclic) bond motifs is 4. The van der Waals surface area contributed by atoms with Crippen molar-refractivity contribution in [1.82, 2.24) is 9.88 Å². The van der Waals surface area contributed by atoms with Gasteiger partial charge in [0.25, 0.3) is 0 Å². The normalized spacial score (nSPS) is 24.1. The predicted octanol–water partition coefficient (Wildman–Crippen LogP) is 5.37. The highest BCUT2D eigenvalue weighted by molar-refractivity contribution is 6.31. The van der Waals surface area contributed by atoms with E-state index in [-0.39, 0.29) is 5.41 Å². The van der Waals surface area contributed by atoms with Crippen LogP contribution in [-0.4, -0.2) is 36.6 Å². The fourth-order valence-electron chi connectivity index (χ4n) is 5.62. The molecule has 1 aliphatic carbocycles. The lowest BCUT2D eigenvalue weighted by Gasteiger charge is -2.51. The Kier molecular flexibility index (Phi) is 4.68. The zero-order valence-electron chi connectivity index (χ0n) is 16.9. The summed E-state index contributed by atoms with van der Waals surface area (Å²) in [6.45, 7) is 7.12. The number of halogens is 1. The van der Waals surface area contributed by atoms with Gasteiger partial charge >= 0.3 is 0 Å². The Balaban J connectivity index is 1.63. The van der Waals surface area contributed by atoms with E-state index in [4.69, 9.17) is 16.3 Å². The molecule has 0 saturated carbocycles. The number of rotatable bonds is 4. The van der Waals surface area contributed by atoms with Crippen LogP contribution < -0.4 is 4.74 Å². The van der Waals surface area contributed by atoms with E-state index in [0.717, 1.165) is 55.2 Å². The first-order valence-corrected chi connectivity index (χ1v) is 10.8. The summed E-state index contributed by atoms with van der Waals surface area (Å²) in [7, 11) is 1.75. The smallest absolute Gasteiger partial charge is 0.119 e. The Morgan fingerprint density at radius 1 is 1.31 bits per heavy atom. The molecule has 0 amide bonds. The molecule has 2 aliphatic rings. The van der Waals surface area contributed by atoms with Crippen LogP contribution in [0, 0.1) is 5.92 Å². The SMILES string of the molecule is C=CCN1CCC2(c3cccc(OC)c3)Cc3[nH]c4cc(Cl)ccc4c3CC2C1. The maximum atomic E-state index is 6.26. The summed E-state index contributed by atoms with van der Waals surface area (Å²) in [5.41, 5.74) is 5.54. The van der Waals surface area contributed by atoms with Gasteiger partial charge in [-0.15, -0.1) is 6.58 Å². The van der Waals surface area contributed by atoms with Gasteiger partial charge in [-0.2, -0.15) is 0 Å². The summed E-state index contributed by atoms with van der Waals surface area (Å²) < 4.78 is 5.57. The highest BCUT2D eigenvalue weighted by atomic mass is 35.5. The molecule has 0 spiro atoms. The van der Waals surface area contributed by atoms with Gasteiger partial charge in [-0.1, -0.05) is 35.9 Å². The number of piperidine rings is 1. The van der Waals surface area contributed by atoms with Crippen LogP contribution in [0.4, 0.5) is 0 Å². The molecule has 1 fully saturated rings. The monoisotopic (exact) mass is 406 g/mol. The minimum absolute atomic E-state index is 0.129. The van der Waals surface area contributed by atoms with Crippen LogP contribution in [0.1, 0.15) is 23.2 Å². The second-order valence-electron chi connectivity index (χ2n) is 8.54. The van der Waals surface area contributed by atoms with Crippen molar-refractivity contribution in [3.8, 4) is 5.75 Å². The third-order valence-corrected chi connectivity index (χ3v) is 7.30. The number of nitrogens with zero attached hydrogens (tertiary/aromatic N) is 1. The molecule has 1 N–H and O–H groups in total. The van der Waals surface area contributed by atoms with Crippen LogP contribution in [0.5, 0.6) is 5.75 Å². The Bertz CT molecular complexity index is 1070. The number of methoxy groups -OCH3 is 1. The van der Waals surface area contributed by atoms with Crippen molar-refractivity contribution in [1.29, 1.82) is 0 Å². The van der Waals surface area contributed by atoms with Crippen molar-refractivity contribution in [3.63, 3.8) is 0 Å². The molecule has 150 valence electrons. The zero-order valence-corrected chi connectivity index (χ0v) is 17.6. The highest BCUT2D eigenvalue weighted by Crippen LogP contribution is 2.49. The molecule has 2 unspecified atom stereocenters. The standard InChI is InChI=1S/C25H27ClN2O/c1-3-10-28-11-9-25(17-5-4-6-20(12-17)29-2)15-24-22(13-18(25)16-28)21-8-7-19(26)14-23(21)27-24/h3-8,12,14,18,27H,1,9-11,13,15-16H2,2H3. The molecule has 3 aromatic rings. The van der Waals surface area contributed by atoms with Gasteiger partial charge in [-0.25, -0.2) is 0 Å². The largest absolute Gasteiger partial charge is 0.497 e. The van der Waals surface area contributed by atoms with Crippen molar-refractivity contribution >= 4 is 22.5 Å². The van der Waals surface area contributed by atoms with E-state index in [1.165, 1.54) is 22.2 Å². The molecule has 2 aromatic carbocycles. The van der Waals surface area contributed by atoms with E-state index < -0.39 is 0 Å². The number of nitrogens with one attached hydrogen (secondary N) is 1. The van der Waals surface area contributed by atoms with Crippen molar-refractivity contribution in [2.24, 2.45) is 5.92 Å². The predicted molar refractivity (Wildman–Crippen MR) is 120 cm³/mol. The van der Waals surface area contributed by atoms with Crippen LogP contribution in [0.15, 0.2) is 55.1 Å². The molecular weight excluding hydrogens is 380 g/mol. The minimum Gasteiger partial charge on any atom is -0.497 e. The molecule has 1 aromatic heterocycles. The number of likely N-dealkylation sites (tertiary alicyclic amines) is 1. The molecule has 2 atom stereocenters. The van der Waals surface area contributed by atoms with E-state index in [2.05, 4.69) is 46.8 Å². The summed E-state index contributed by atoms with van der Waals surface area (Å²) in [5, 5.41) is 2.11. The van der Waals surface area contributed by atoms with E-state index in [1.54, 1.807) is 7.11 Å². The van der Waals surface area contributed by atoms with Crippen molar-refractivity contribution in [3.05, 3.63) is 77.0 Å². The fourth-order valence-corrected chi connectivity index (χ4v) is 5.80. The van der Waals surface area contributed by atoms with Gasteiger partial charge in [0.05, 0.1) is 7.11 Å². The Labute approximate surface area is 177 Å². The number of hydrogen-bond donors (Lipinski definition) is 1. The van der Waals surface area contributed by atoms with Gasteiger partial charge in [0.2, 0.25) is 0 Å². The molecule has 4 heteroatoms. The van der Waals surface area contributed by atoms with Crippen LogP contribution in [-0.2, 0) is 18.3 Å². The van der Waals surface area contributed by atoms with E-state index in [0.29, 0.717) is 5.92 Å². The van der Waals surface area contributed by atoms with Crippen LogP contribution in [0.2, 0.25) is 5.02 Å². The average molecular weight is 407 g/mol. The number of H-pyrrole nitrogens is 1. The first kappa shape index (κ1) is 18.8. The van der Waals surface area contributed by atoms with E-state index in [9.17, 15) is 0 Å². The second-order valence-corrected chi connectivity index (χ2v) is 8.97. The summed E-state index contributed by atoms with van der Waals surface area (Å²) in [5.74, 6) is 1.50. The first-order valence-electron chi connectivity index (χ1n) is 10.4. The topological polar surface area (TPSA) is 28.3 Å². The van der Waals surface area contributed by atoms with Crippen molar-refractivity contribution in [2.75, 3.05) is 26.7 Å². The number of ether oxygens (including phenoxy) is 1. The van der Waals surface area contributed by atoms with Crippen molar-refractivity contribution < 1.29 is 4.74 Å². The lowest BCUT2D eigenvalue weighted by atomic mass is 9.58. The van der Waals surface area contributed by atoms with Crippen LogP contribution >= 0.6 is 11.6 Å². The zero-order chi connectivity index (χ0) is 20.0. The van der Waals surface area contributed by atoms with Crippen molar-refractivity contribution in [2.45, 2.75) is 24.7 Å². The minimum atomic E-state index is 0.129. The maximum absolute atomic E-state index is 6.26. The summed E-state index contributed by atoms with van der Waals surface area (Å²) in [6, 6.07) is 15.0. The third kappa shape index (κ3) is 3.08. The van der Waals surface area contributed by atoms with Gasteiger partial charge in [0, 0.05) is 40.1 Å². The molecule has 1 aliphatic heterocycles. The Morgan fingerprint density at radius 3 is 3.03 bits per heavy atom. The van der Waals surface area contributed by atoms with Gasteiger partial charge in [-0.05, 0) is 67.1 Å². The Morgan fingerprint density at radius 2 is 2.21 bits per heavy atom. The van der Waals surface area contributed by atoms with E-state index in [1.807, 2.05) is 18.2 Å². The highest BCUT2D eigenvalue weighted by Gasteiger charge is 2.47. The number of aromatic nitrogens is 1. The quantitative estimate of drug-likeness (QED) is 0.589. The molecule has 29 heavy (non-hydrogen) atoms. The van der Waals surface area contributed by atoms with Crippen LogP contribution in [0.3, 0.4) is 0 Å². The third-order valence-electron chi connectivity index (χ3n) is 7.07. The lowest BCUT2D eigenvalue weighted by Crippen LogP contribution is -2.53. The fraction of sp³-hybridized carbons (Fsp3) is 0.360. The molecule has 1 saturated heterocycles. The summed E-state index contributed by atoms with van der Waals surface area (Å²) in [6.07, 6.45) is 5.30. The number of hydrogen-bond acceptors (Lipinski definition) is 2. The van der Waals surface area contributed by atoms with E-state index >= 15 is 0 Å². The van der Waals surface area contributed by atoms with Gasteiger partial charge in [0.15, 0.2) is 0 Å². The molecule has 2 heterocycles. The number of benzene rings is 2. The molecule has 0 bridgehead atoms. The lowest BCUT2D eigenvalue weighted by molar-refractivity contribution is 0.0896. The summed E-state index contributed by atoms with van der Waals surface area (Å²) in [4.78, 5) is 6.25. The second kappa shape index (κ2) is 7.23.